The number of likely N-dealkylation sites (N-methyl/N-ethyl adjacent to an activating group) is 1. The molecule has 2 heterocycles. The summed E-state index contributed by atoms with van der Waals surface area (Å²) in [6.07, 6.45) is 4.82. The zero-order valence-corrected chi connectivity index (χ0v) is 10.2. The van der Waals surface area contributed by atoms with Crippen LogP contribution in [0.2, 0.25) is 0 Å². The minimum Gasteiger partial charge on any atom is -0.309 e. The average Bonchev–Trinajstić information content (AvgIpc) is 2.88. The number of hydrogen-bond donors (Lipinski definition) is 1. The summed E-state index contributed by atoms with van der Waals surface area (Å²) >= 11 is 1.39. The van der Waals surface area contributed by atoms with Gasteiger partial charge in [-0.3, -0.25) is 4.68 Å². The lowest BCUT2D eigenvalue weighted by Gasteiger charge is -2.13. The maximum absolute atomic E-state index is 4.17. The van der Waals surface area contributed by atoms with Gasteiger partial charge in [0.2, 0.25) is 0 Å². The molecule has 6 heteroatoms. The van der Waals surface area contributed by atoms with E-state index < -0.39 is 0 Å². The van der Waals surface area contributed by atoms with Gasteiger partial charge in [0.25, 0.3) is 0 Å². The first-order chi connectivity index (χ1) is 7.79. The van der Waals surface area contributed by atoms with Crippen molar-refractivity contribution in [2.24, 2.45) is 7.05 Å². The van der Waals surface area contributed by atoms with Crippen molar-refractivity contribution in [1.29, 1.82) is 0 Å². The molecule has 0 aliphatic rings. The topological polar surface area (TPSA) is 55.6 Å². The largest absolute Gasteiger partial charge is 0.309 e. The number of nitrogens with zero attached hydrogens (tertiary/aromatic N) is 4. The molecule has 86 valence electrons. The maximum Gasteiger partial charge on any atom is 0.0928 e. The van der Waals surface area contributed by atoms with Crippen molar-refractivity contribution >= 4 is 11.5 Å². The average molecular weight is 237 g/mol. The molecule has 1 unspecified atom stereocenters. The number of aromatic nitrogens is 4. The fourth-order valence-electron chi connectivity index (χ4n) is 1.66. The number of rotatable bonds is 5. The second-order valence-corrected chi connectivity index (χ2v) is 4.28. The zero-order valence-electron chi connectivity index (χ0n) is 9.42. The van der Waals surface area contributed by atoms with Gasteiger partial charge in [-0.1, -0.05) is 11.4 Å². The molecule has 0 spiro atoms. The molecule has 16 heavy (non-hydrogen) atoms. The van der Waals surface area contributed by atoms with E-state index >= 15 is 0 Å². The Morgan fingerprint density at radius 2 is 2.44 bits per heavy atom. The SMILES string of the molecule is CCNC(Cc1cnn(C)c1)c1csnn1. The van der Waals surface area contributed by atoms with Gasteiger partial charge >= 0.3 is 0 Å². The lowest BCUT2D eigenvalue weighted by atomic mass is 10.1. The summed E-state index contributed by atoms with van der Waals surface area (Å²) in [5.41, 5.74) is 2.22. The molecule has 0 saturated heterocycles. The normalized spacial score (nSPS) is 12.9. The summed E-state index contributed by atoms with van der Waals surface area (Å²) < 4.78 is 5.72. The van der Waals surface area contributed by atoms with E-state index in [2.05, 4.69) is 26.9 Å². The Morgan fingerprint density at radius 1 is 1.56 bits per heavy atom. The van der Waals surface area contributed by atoms with Gasteiger partial charge in [-0.05, 0) is 30.1 Å². The van der Waals surface area contributed by atoms with Crippen LogP contribution in [0.4, 0.5) is 0 Å². The monoisotopic (exact) mass is 237 g/mol. The van der Waals surface area contributed by atoms with E-state index in [-0.39, 0.29) is 6.04 Å². The van der Waals surface area contributed by atoms with E-state index in [4.69, 9.17) is 0 Å². The van der Waals surface area contributed by atoms with Crippen LogP contribution in [0.25, 0.3) is 0 Å². The van der Waals surface area contributed by atoms with Crippen LogP contribution in [0.1, 0.15) is 24.2 Å². The van der Waals surface area contributed by atoms with Crippen LogP contribution in [0.5, 0.6) is 0 Å². The molecule has 1 atom stereocenters. The second-order valence-electron chi connectivity index (χ2n) is 3.67. The highest BCUT2D eigenvalue weighted by Gasteiger charge is 2.14. The van der Waals surface area contributed by atoms with Crippen molar-refractivity contribution in [2.45, 2.75) is 19.4 Å². The Labute approximate surface area is 98.7 Å². The standard InChI is InChI=1S/C10H15N5S/c1-3-11-9(10-7-16-14-13-10)4-8-5-12-15(2)6-8/h5-7,9,11H,3-4H2,1-2H3. The van der Waals surface area contributed by atoms with Crippen LogP contribution >= 0.6 is 11.5 Å². The highest BCUT2D eigenvalue weighted by molar-refractivity contribution is 7.03. The number of nitrogens with one attached hydrogen (secondary N) is 1. The third-order valence-corrected chi connectivity index (χ3v) is 2.91. The van der Waals surface area contributed by atoms with E-state index in [1.807, 2.05) is 29.5 Å². The molecule has 0 fully saturated rings. The van der Waals surface area contributed by atoms with Crippen LogP contribution in [0.3, 0.4) is 0 Å². The fraction of sp³-hybridized carbons (Fsp3) is 0.500. The smallest absolute Gasteiger partial charge is 0.0928 e. The molecule has 0 amide bonds. The predicted octanol–water partition coefficient (Wildman–Crippen LogP) is 1.16. The van der Waals surface area contributed by atoms with Crippen molar-refractivity contribution in [3.63, 3.8) is 0 Å². The third kappa shape index (κ3) is 2.65. The van der Waals surface area contributed by atoms with E-state index in [0.717, 1.165) is 18.7 Å². The van der Waals surface area contributed by atoms with Crippen LogP contribution in [0.15, 0.2) is 17.8 Å². The maximum atomic E-state index is 4.17. The van der Waals surface area contributed by atoms with Crippen molar-refractivity contribution < 1.29 is 0 Å². The van der Waals surface area contributed by atoms with E-state index in [1.165, 1.54) is 17.1 Å². The molecular formula is C10H15N5S. The van der Waals surface area contributed by atoms with Gasteiger partial charge in [-0.25, -0.2) is 0 Å². The predicted molar refractivity (Wildman–Crippen MR) is 63.2 cm³/mol. The van der Waals surface area contributed by atoms with Gasteiger partial charge in [0.15, 0.2) is 0 Å². The summed E-state index contributed by atoms with van der Waals surface area (Å²) in [6, 6.07) is 0.230. The van der Waals surface area contributed by atoms with Crippen molar-refractivity contribution in [3.8, 4) is 0 Å². The van der Waals surface area contributed by atoms with Crippen LogP contribution in [-0.2, 0) is 13.5 Å². The molecule has 0 radical (unpaired) electrons. The van der Waals surface area contributed by atoms with E-state index in [1.54, 1.807) is 0 Å². The Morgan fingerprint density at radius 3 is 3.00 bits per heavy atom. The van der Waals surface area contributed by atoms with Crippen molar-refractivity contribution in [2.75, 3.05) is 6.54 Å². The van der Waals surface area contributed by atoms with Crippen molar-refractivity contribution in [3.05, 3.63) is 29.0 Å². The second kappa shape index (κ2) is 5.18. The Hall–Kier alpha value is -1.27. The highest BCUT2D eigenvalue weighted by atomic mass is 32.1. The first-order valence-corrected chi connectivity index (χ1v) is 6.11. The highest BCUT2D eigenvalue weighted by Crippen LogP contribution is 2.16. The molecule has 0 bridgehead atoms. The molecule has 0 aromatic carbocycles. The molecule has 2 aromatic rings. The lowest BCUT2D eigenvalue weighted by Crippen LogP contribution is -2.23. The van der Waals surface area contributed by atoms with Gasteiger partial charge in [-0.2, -0.15) is 5.10 Å². The van der Waals surface area contributed by atoms with Gasteiger partial charge in [-0.15, -0.1) is 5.10 Å². The van der Waals surface area contributed by atoms with Gasteiger partial charge < -0.3 is 5.32 Å². The van der Waals surface area contributed by atoms with Crippen LogP contribution < -0.4 is 5.32 Å². The van der Waals surface area contributed by atoms with Gasteiger partial charge in [0.1, 0.15) is 0 Å². The van der Waals surface area contributed by atoms with Crippen LogP contribution in [-0.4, -0.2) is 25.9 Å². The van der Waals surface area contributed by atoms with Crippen LogP contribution in [0, 0.1) is 0 Å². The van der Waals surface area contributed by atoms with E-state index in [9.17, 15) is 0 Å². The van der Waals surface area contributed by atoms with Gasteiger partial charge in [0.05, 0.1) is 17.9 Å². The lowest BCUT2D eigenvalue weighted by molar-refractivity contribution is 0.535. The minimum absolute atomic E-state index is 0.230. The molecular weight excluding hydrogens is 222 g/mol. The Kier molecular flexibility index (Phi) is 3.63. The van der Waals surface area contributed by atoms with Gasteiger partial charge in [0, 0.05) is 18.6 Å². The Balaban J connectivity index is 2.09. The minimum atomic E-state index is 0.230. The Bertz CT molecular complexity index is 422. The molecule has 0 saturated carbocycles. The third-order valence-electron chi connectivity index (χ3n) is 2.38. The number of aryl methyl sites for hydroxylation is 1. The molecule has 0 aliphatic heterocycles. The zero-order chi connectivity index (χ0) is 11.4. The molecule has 2 rings (SSSR count). The first kappa shape index (κ1) is 11.2. The van der Waals surface area contributed by atoms with Crippen molar-refractivity contribution in [1.82, 2.24) is 24.7 Å². The first-order valence-electron chi connectivity index (χ1n) is 5.27. The van der Waals surface area contributed by atoms with E-state index in [0.29, 0.717) is 0 Å². The molecule has 2 aromatic heterocycles. The summed E-state index contributed by atoms with van der Waals surface area (Å²) in [5, 5.41) is 13.7. The summed E-state index contributed by atoms with van der Waals surface area (Å²) in [4.78, 5) is 0. The molecule has 1 N–H and O–H groups in total. The summed E-state index contributed by atoms with van der Waals surface area (Å²) in [6.45, 7) is 3.01. The quantitative estimate of drug-likeness (QED) is 0.848. The molecule has 0 aliphatic carbocycles. The summed E-state index contributed by atoms with van der Waals surface area (Å²) in [5.74, 6) is 0. The molecule has 5 nitrogen and oxygen atoms in total. The number of hydrogen-bond acceptors (Lipinski definition) is 5. The summed E-state index contributed by atoms with van der Waals surface area (Å²) in [7, 11) is 1.93. The fourth-order valence-corrected chi connectivity index (χ4v) is 2.17.